The average Bonchev–Trinajstić information content (AvgIpc) is 2.45. The van der Waals surface area contributed by atoms with Crippen molar-refractivity contribution in [2.75, 3.05) is 0 Å². The number of rotatable bonds is 4. The Morgan fingerprint density at radius 1 is 0.619 bits per heavy atom. The summed E-state index contributed by atoms with van der Waals surface area (Å²) >= 11 is 0. The van der Waals surface area contributed by atoms with Crippen LogP contribution in [-0.2, 0) is 19.3 Å². The monoisotopic (exact) mass is 280 g/mol. The molecule has 0 bridgehead atoms. The maximum absolute atomic E-state index is 2.41. The molecule has 0 heteroatoms. The third kappa shape index (κ3) is 3.05. The molecule has 0 saturated heterocycles. The van der Waals surface area contributed by atoms with Crippen molar-refractivity contribution in [2.24, 2.45) is 0 Å². The van der Waals surface area contributed by atoms with E-state index < -0.39 is 0 Å². The zero-order chi connectivity index (χ0) is 15.6. The van der Waals surface area contributed by atoms with Gasteiger partial charge in [0.2, 0.25) is 0 Å². The van der Waals surface area contributed by atoms with E-state index in [1.807, 2.05) is 0 Å². The van der Waals surface area contributed by atoms with E-state index in [1.165, 1.54) is 44.5 Å². The summed E-state index contributed by atoms with van der Waals surface area (Å²) in [4.78, 5) is 0. The van der Waals surface area contributed by atoms with Crippen LogP contribution >= 0.6 is 0 Å². The fourth-order valence-electron chi connectivity index (χ4n) is 3.50. The van der Waals surface area contributed by atoms with E-state index in [4.69, 9.17) is 0 Å². The molecule has 0 atom stereocenters. The summed E-state index contributed by atoms with van der Waals surface area (Å²) in [7, 11) is 0. The van der Waals surface area contributed by atoms with Crippen LogP contribution < -0.4 is 0 Å². The van der Waals surface area contributed by atoms with Crippen molar-refractivity contribution in [3.63, 3.8) is 0 Å². The topological polar surface area (TPSA) is 0 Å². The van der Waals surface area contributed by atoms with Crippen LogP contribution in [0.4, 0.5) is 0 Å². The molecule has 2 aromatic carbocycles. The molecular formula is C21H28. The van der Waals surface area contributed by atoms with Crippen LogP contribution in [0, 0.1) is 20.8 Å². The van der Waals surface area contributed by atoms with Crippen LogP contribution in [0.25, 0.3) is 11.1 Å². The molecule has 2 rings (SSSR count). The van der Waals surface area contributed by atoms with Crippen molar-refractivity contribution >= 4 is 0 Å². The molecule has 0 N–H and O–H groups in total. The van der Waals surface area contributed by atoms with Gasteiger partial charge in [-0.25, -0.2) is 0 Å². The van der Waals surface area contributed by atoms with Gasteiger partial charge in [0.25, 0.3) is 0 Å². The number of hydrogen-bond acceptors (Lipinski definition) is 0. The van der Waals surface area contributed by atoms with Crippen molar-refractivity contribution in [3.05, 3.63) is 57.6 Å². The van der Waals surface area contributed by atoms with E-state index in [0.29, 0.717) is 0 Å². The number of aryl methyl sites for hydroxylation is 6. The minimum absolute atomic E-state index is 1.10. The summed E-state index contributed by atoms with van der Waals surface area (Å²) < 4.78 is 0. The smallest absolute Gasteiger partial charge is 0.0114 e. The highest BCUT2D eigenvalue weighted by molar-refractivity contribution is 5.77. The molecule has 0 aliphatic heterocycles. The van der Waals surface area contributed by atoms with E-state index in [9.17, 15) is 0 Å². The molecule has 0 amide bonds. The lowest BCUT2D eigenvalue weighted by molar-refractivity contribution is 1.04. The van der Waals surface area contributed by atoms with Gasteiger partial charge in [-0.3, -0.25) is 0 Å². The molecule has 0 aromatic heterocycles. The SMILES string of the molecule is CCc1cc(CC)c(-c2c(C)cc(C)cc2C)c(CC)c1. The molecule has 2 aromatic rings. The third-order valence-corrected chi connectivity index (χ3v) is 4.46. The van der Waals surface area contributed by atoms with Gasteiger partial charge < -0.3 is 0 Å². The molecule has 0 fully saturated rings. The van der Waals surface area contributed by atoms with Crippen molar-refractivity contribution in [2.45, 2.75) is 60.8 Å². The first-order chi connectivity index (χ1) is 10.0. The van der Waals surface area contributed by atoms with Gasteiger partial charge in [-0.15, -0.1) is 0 Å². The quantitative estimate of drug-likeness (QED) is 0.647. The Hall–Kier alpha value is -1.56. The molecule has 0 spiro atoms. The predicted octanol–water partition coefficient (Wildman–Crippen LogP) is 5.97. The Balaban J connectivity index is 2.79. The summed E-state index contributed by atoms with van der Waals surface area (Å²) in [6.45, 7) is 13.5. The van der Waals surface area contributed by atoms with E-state index >= 15 is 0 Å². The number of benzene rings is 2. The molecule has 0 heterocycles. The lowest BCUT2D eigenvalue weighted by atomic mass is 9.85. The van der Waals surface area contributed by atoms with E-state index in [1.54, 1.807) is 0 Å². The summed E-state index contributed by atoms with van der Waals surface area (Å²) in [5, 5.41) is 0. The molecule has 0 unspecified atom stereocenters. The molecule has 0 aliphatic carbocycles. The van der Waals surface area contributed by atoms with Crippen LogP contribution in [0.15, 0.2) is 24.3 Å². The van der Waals surface area contributed by atoms with Crippen molar-refractivity contribution in [3.8, 4) is 11.1 Å². The molecular weight excluding hydrogens is 252 g/mol. The van der Waals surface area contributed by atoms with E-state index in [-0.39, 0.29) is 0 Å². The Kier molecular flexibility index (Phi) is 4.88. The van der Waals surface area contributed by atoms with Crippen molar-refractivity contribution < 1.29 is 0 Å². The minimum Gasteiger partial charge on any atom is -0.0613 e. The standard InChI is InChI=1S/C21H28/c1-7-17-12-18(8-2)21(19(9-3)13-17)20-15(5)10-14(4)11-16(20)6/h10-13H,7-9H2,1-6H3. The Morgan fingerprint density at radius 3 is 1.48 bits per heavy atom. The van der Waals surface area contributed by atoms with Gasteiger partial charge in [-0.1, -0.05) is 50.6 Å². The summed E-state index contributed by atoms with van der Waals surface area (Å²) in [5.41, 5.74) is 11.6. The second-order valence-electron chi connectivity index (χ2n) is 6.12. The van der Waals surface area contributed by atoms with Crippen LogP contribution in [0.3, 0.4) is 0 Å². The highest BCUT2D eigenvalue weighted by Crippen LogP contribution is 2.35. The average molecular weight is 280 g/mol. The van der Waals surface area contributed by atoms with Gasteiger partial charge in [0.05, 0.1) is 0 Å². The summed E-state index contributed by atoms with van der Waals surface area (Å²) in [6.07, 6.45) is 3.32. The van der Waals surface area contributed by atoms with Crippen LogP contribution in [0.2, 0.25) is 0 Å². The molecule has 0 aliphatic rings. The van der Waals surface area contributed by atoms with Crippen molar-refractivity contribution in [1.29, 1.82) is 0 Å². The maximum atomic E-state index is 2.41. The second-order valence-corrected chi connectivity index (χ2v) is 6.12. The normalized spacial score (nSPS) is 11.0. The lowest BCUT2D eigenvalue weighted by Crippen LogP contribution is -2.01. The number of hydrogen-bond donors (Lipinski definition) is 0. The van der Waals surface area contributed by atoms with Gasteiger partial charge >= 0.3 is 0 Å². The van der Waals surface area contributed by atoms with Crippen molar-refractivity contribution in [1.82, 2.24) is 0 Å². The highest BCUT2D eigenvalue weighted by Gasteiger charge is 2.15. The zero-order valence-corrected chi connectivity index (χ0v) is 14.4. The first kappa shape index (κ1) is 15.8. The fourth-order valence-corrected chi connectivity index (χ4v) is 3.50. The van der Waals surface area contributed by atoms with Gasteiger partial charge in [0.1, 0.15) is 0 Å². The van der Waals surface area contributed by atoms with Crippen LogP contribution in [0.1, 0.15) is 54.2 Å². The molecule has 0 radical (unpaired) electrons. The molecule has 0 nitrogen and oxygen atoms in total. The van der Waals surface area contributed by atoms with Crippen LogP contribution in [-0.4, -0.2) is 0 Å². The van der Waals surface area contributed by atoms with Gasteiger partial charge in [0.15, 0.2) is 0 Å². The van der Waals surface area contributed by atoms with E-state index in [2.05, 4.69) is 65.8 Å². The van der Waals surface area contributed by atoms with E-state index in [0.717, 1.165) is 19.3 Å². The Labute approximate surface area is 130 Å². The maximum Gasteiger partial charge on any atom is -0.0114 e. The second kappa shape index (κ2) is 6.47. The third-order valence-electron chi connectivity index (χ3n) is 4.46. The van der Waals surface area contributed by atoms with Gasteiger partial charge in [-0.05, 0) is 79.0 Å². The zero-order valence-electron chi connectivity index (χ0n) is 14.4. The minimum atomic E-state index is 1.10. The molecule has 21 heavy (non-hydrogen) atoms. The first-order valence-corrected chi connectivity index (χ1v) is 8.24. The Bertz CT molecular complexity index is 599. The summed E-state index contributed by atoms with van der Waals surface area (Å²) in [6, 6.07) is 9.45. The fraction of sp³-hybridized carbons (Fsp3) is 0.429. The van der Waals surface area contributed by atoms with Gasteiger partial charge in [0, 0.05) is 0 Å². The van der Waals surface area contributed by atoms with Crippen LogP contribution in [0.5, 0.6) is 0 Å². The Morgan fingerprint density at radius 2 is 1.10 bits per heavy atom. The lowest BCUT2D eigenvalue weighted by Gasteiger charge is -2.20. The largest absolute Gasteiger partial charge is 0.0613 e. The first-order valence-electron chi connectivity index (χ1n) is 8.24. The molecule has 0 saturated carbocycles. The highest BCUT2D eigenvalue weighted by atomic mass is 14.2. The molecule has 112 valence electrons. The predicted molar refractivity (Wildman–Crippen MR) is 94.2 cm³/mol. The summed E-state index contributed by atoms with van der Waals surface area (Å²) in [5.74, 6) is 0. The van der Waals surface area contributed by atoms with Gasteiger partial charge in [-0.2, -0.15) is 0 Å².